The first-order valence-corrected chi connectivity index (χ1v) is 10.9. The molecule has 0 aliphatic carbocycles. The van der Waals surface area contributed by atoms with Crippen molar-refractivity contribution in [3.8, 4) is 0 Å². The number of amides is 1. The predicted molar refractivity (Wildman–Crippen MR) is 129 cm³/mol. The monoisotopic (exact) mass is 547 g/mol. The van der Waals surface area contributed by atoms with Crippen molar-refractivity contribution in [3.05, 3.63) is 40.2 Å². The van der Waals surface area contributed by atoms with Crippen LogP contribution in [-0.4, -0.2) is 54.2 Å². The van der Waals surface area contributed by atoms with Crippen LogP contribution in [0.1, 0.15) is 35.4 Å². The summed E-state index contributed by atoms with van der Waals surface area (Å²) in [6.45, 7) is 6.90. The number of aromatic nitrogens is 1. The van der Waals surface area contributed by atoms with Gasteiger partial charge in [0, 0.05) is 43.2 Å². The molecule has 2 N–H and O–H groups in total. The first kappa shape index (κ1) is 24.4. The number of piperidine rings is 1. The molecule has 2 aromatic heterocycles. The largest absolute Gasteiger partial charge is 0.469 e. The lowest BCUT2D eigenvalue weighted by Gasteiger charge is -2.32. The molecule has 0 unspecified atom stereocenters. The normalized spacial score (nSPS) is 14.9. The van der Waals surface area contributed by atoms with Gasteiger partial charge in [-0.25, -0.2) is 14.8 Å². The van der Waals surface area contributed by atoms with Gasteiger partial charge in [-0.2, -0.15) is 0 Å². The molecule has 8 nitrogen and oxygen atoms in total. The molecule has 3 rings (SSSR count). The summed E-state index contributed by atoms with van der Waals surface area (Å²) in [7, 11) is 0. The van der Waals surface area contributed by atoms with E-state index in [0.717, 1.165) is 42.5 Å². The van der Waals surface area contributed by atoms with E-state index >= 15 is 0 Å². The third-order valence-corrected chi connectivity index (χ3v) is 5.54. The van der Waals surface area contributed by atoms with Crippen LogP contribution in [0.2, 0.25) is 0 Å². The molecule has 0 saturated carbocycles. The van der Waals surface area contributed by atoms with E-state index in [1.807, 2.05) is 32.2 Å². The number of hydrogen-bond donors (Lipinski definition) is 2. The lowest BCUT2D eigenvalue weighted by molar-refractivity contribution is 0.0963. The van der Waals surface area contributed by atoms with Gasteiger partial charge in [0.15, 0.2) is 5.96 Å². The van der Waals surface area contributed by atoms with Crippen LogP contribution < -0.4 is 10.6 Å². The molecule has 166 valence electrons. The highest BCUT2D eigenvalue weighted by Gasteiger charge is 2.24. The van der Waals surface area contributed by atoms with Gasteiger partial charge in [0.1, 0.15) is 10.8 Å². The Balaban J connectivity index is 0.00000320. The van der Waals surface area contributed by atoms with Crippen molar-refractivity contribution >= 4 is 47.4 Å². The fraction of sp³-hybridized carbons (Fsp3) is 0.550. The zero-order valence-corrected chi connectivity index (χ0v) is 20.6. The van der Waals surface area contributed by atoms with E-state index in [2.05, 4.69) is 15.6 Å². The van der Waals surface area contributed by atoms with Crippen LogP contribution in [0.4, 0.5) is 4.79 Å². The maximum atomic E-state index is 11.9. The minimum atomic E-state index is -0.226. The third-order valence-electron chi connectivity index (χ3n) is 4.65. The average molecular weight is 547 g/mol. The summed E-state index contributed by atoms with van der Waals surface area (Å²) in [5.41, 5.74) is 0. The Morgan fingerprint density at radius 3 is 2.87 bits per heavy atom. The molecule has 3 heterocycles. The summed E-state index contributed by atoms with van der Waals surface area (Å²) in [6.07, 6.45) is 5.83. The Hall–Kier alpha value is -1.82. The summed E-state index contributed by atoms with van der Waals surface area (Å²) >= 11 is 1.66. The second kappa shape index (κ2) is 12.8. The molecule has 10 heteroatoms. The quantitative estimate of drug-likeness (QED) is 0.313. The first-order chi connectivity index (χ1) is 14.1. The van der Waals surface area contributed by atoms with Gasteiger partial charge in [0.25, 0.3) is 0 Å². The number of likely N-dealkylation sites (tertiary alicyclic amines) is 1. The second-order valence-corrected chi connectivity index (χ2v) is 8.21. The number of thiazole rings is 1. The number of halogens is 1. The van der Waals surface area contributed by atoms with Gasteiger partial charge in [-0.05, 0) is 38.8 Å². The summed E-state index contributed by atoms with van der Waals surface area (Å²) < 4.78 is 10.5. The van der Waals surface area contributed by atoms with Crippen molar-refractivity contribution in [1.82, 2.24) is 20.5 Å². The lowest BCUT2D eigenvalue weighted by Crippen LogP contribution is -2.50. The molecule has 0 radical (unpaired) electrons. The molecule has 1 amide bonds. The fourth-order valence-corrected chi connectivity index (χ4v) is 3.86. The van der Waals surface area contributed by atoms with Crippen molar-refractivity contribution in [3.63, 3.8) is 0 Å². The molecule has 2 aromatic rings. The number of nitrogens with zero attached hydrogens (tertiary/aromatic N) is 3. The van der Waals surface area contributed by atoms with E-state index in [-0.39, 0.29) is 36.1 Å². The van der Waals surface area contributed by atoms with E-state index in [0.29, 0.717) is 26.2 Å². The molecule has 1 aliphatic rings. The predicted octanol–water partition coefficient (Wildman–Crippen LogP) is 3.56. The van der Waals surface area contributed by atoms with Gasteiger partial charge in [-0.1, -0.05) is 0 Å². The van der Waals surface area contributed by atoms with Crippen LogP contribution in [0.3, 0.4) is 0 Å². The Labute approximate surface area is 198 Å². The number of nitrogens with one attached hydrogen (secondary N) is 2. The van der Waals surface area contributed by atoms with Crippen LogP contribution in [0.5, 0.6) is 0 Å². The second-order valence-electron chi connectivity index (χ2n) is 6.89. The highest BCUT2D eigenvalue weighted by Crippen LogP contribution is 2.13. The smallest absolute Gasteiger partial charge is 0.409 e. The molecule has 0 bridgehead atoms. The van der Waals surface area contributed by atoms with Crippen molar-refractivity contribution in [2.45, 2.75) is 45.7 Å². The number of hydrogen-bond acceptors (Lipinski definition) is 6. The molecule has 0 atom stereocenters. The Bertz CT molecular complexity index is 788. The Morgan fingerprint density at radius 1 is 1.43 bits per heavy atom. The third kappa shape index (κ3) is 7.78. The maximum Gasteiger partial charge on any atom is 0.409 e. The minimum Gasteiger partial charge on any atom is -0.469 e. The number of guanidine groups is 1. The van der Waals surface area contributed by atoms with E-state index < -0.39 is 0 Å². The summed E-state index contributed by atoms with van der Waals surface area (Å²) in [4.78, 5) is 23.9. The van der Waals surface area contributed by atoms with E-state index in [1.165, 1.54) is 4.88 Å². The fourth-order valence-electron chi connectivity index (χ4n) is 3.15. The Kier molecular flexibility index (Phi) is 10.4. The van der Waals surface area contributed by atoms with E-state index in [1.54, 1.807) is 22.5 Å². The van der Waals surface area contributed by atoms with Gasteiger partial charge < -0.3 is 24.7 Å². The lowest BCUT2D eigenvalue weighted by atomic mass is 10.1. The number of carbonyl (C=O) groups excluding carboxylic acids is 1. The van der Waals surface area contributed by atoms with Crippen LogP contribution in [-0.2, 0) is 17.7 Å². The highest BCUT2D eigenvalue weighted by molar-refractivity contribution is 14.0. The number of carbonyl (C=O) groups is 1. The number of ether oxygens (including phenoxy) is 1. The molecule has 1 aliphatic heterocycles. The first-order valence-electron chi connectivity index (χ1n) is 10.0. The van der Waals surface area contributed by atoms with Crippen molar-refractivity contribution in [2.24, 2.45) is 4.99 Å². The molecule has 1 saturated heterocycles. The van der Waals surface area contributed by atoms with E-state index in [4.69, 9.17) is 14.1 Å². The van der Waals surface area contributed by atoms with Gasteiger partial charge in [-0.15, -0.1) is 35.3 Å². The molecule has 0 aromatic carbocycles. The number of furan rings is 1. The van der Waals surface area contributed by atoms with Crippen LogP contribution in [0, 0.1) is 6.92 Å². The van der Waals surface area contributed by atoms with Gasteiger partial charge in [-0.3, -0.25) is 0 Å². The molecule has 1 fully saturated rings. The molecular formula is C20H30IN5O3S. The summed E-state index contributed by atoms with van der Waals surface area (Å²) in [5.74, 6) is 1.70. The zero-order valence-electron chi connectivity index (χ0n) is 17.4. The van der Waals surface area contributed by atoms with Crippen molar-refractivity contribution < 1.29 is 13.9 Å². The summed E-state index contributed by atoms with van der Waals surface area (Å²) in [6, 6.07) is 4.12. The van der Waals surface area contributed by atoms with Gasteiger partial charge in [0.05, 0.1) is 19.4 Å². The van der Waals surface area contributed by atoms with Gasteiger partial charge >= 0.3 is 6.09 Å². The number of aliphatic imine (C=N–C) groups is 1. The highest BCUT2D eigenvalue weighted by atomic mass is 127. The van der Waals surface area contributed by atoms with Gasteiger partial charge in [0.2, 0.25) is 0 Å². The summed E-state index contributed by atoms with van der Waals surface area (Å²) in [5, 5.41) is 7.89. The topological polar surface area (TPSA) is 92.0 Å². The van der Waals surface area contributed by atoms with Crippen LogP contribution in [0.25, 0.3) is 0 Å². The van der Waals surface area contributed by atoms with Crippen molar-refractivity contribution in [2.75, 3.05) is 26.2 Å². The SMILES string of the molecule is CCOC(=O)N1CCC(NC(=NCc2ncc(C)s2)NCCc2ccco2)CC1.I. The number of aryl methyl sites for hydroxylation is 1. The van der Waals surface area contributed by atoms with Crippen LogP contribution in [0.15, 0.2) is 34.0 Å². The van der Waals surface area contributed by atoms with Crippen molar-refractivity contribution in [1.29, 1.82) is 0 Å². The number of rotatable bonds is 7. The minimum absolute atomic E-state index is 0. The van der Waals surface area contributed by atoms with E-state index in [9.17, 15) is 4.79 Å². The molecule has 30 heavy (non-hydrogen) atoms. The average Bonchev–Trinajstić information content (AvgIpc) is 3.38. The molecule has 0 spiro atoms. The molecular weight excluding hydrogens is 517 g/mol. The standard InChI is InChI=1S/C20H29N5O3S.HI/c1-3-27-20(26)25-10-7-16(8-11-25)24-19(21-9-6-17-5-4-12-28-17)23-14-18-22-13-15(2)29-18;/h4-5,12-13,16H,3,6-11,14H2,1-2H3,(H2,21,23,24);1H. The maximum absolute atomic E-state index is 11.9. The van der Waals surface area contributed by atoms with Crippen LogP contribution >= 0.6 is 35.3 Å². The zero-order chi connectivity index (χ0) is 20.5. The Morgan fingerprint density at radius 2 is 2.23 bits per heavy atom.